The molecule has 0 saturated heterocycles. The average molecular weight is 798 g/mol. The summed E-state index contributed by atoms with van der Waals surface area (Å²) in [4.78, 5) is 41.2. The number of fused-ring (bicyclic) bond motifs is 1. The number of amides is 3. The second-order valence-corrected chi connectivity index (χ2v) is 16.5. The minimum atomic E-state index is -3.98. The lowest BCUT2D eigenvalue weighted by atomic mass is 10.0. The number of nitrogens with one attached hydrogen (secondary N) is 2. The van der Waals surface area contributed by atoms with Gasteiger partial charge in [0, 0.05) is 51.2 Å². The van der Waals surface area contributed by atoms with Gasteiger partial charge in [-0.15, -0.1) is 0 Å². The van der Waals surface area contributed by atoms with E-state index >= 15 is 0 Å². The first kappa shape index (κ1) is 44.1. The number of nitrogens with two attached hydrogens (primary N) is 1. The van der Waals surface area contributed by atoms with E-state index in [2.05, 4.69) is 10.6 Å². The molecule has 0 bridgehead atoms. The van der Waals surface area contributed by atoms with Crippen LogP contribution in [0.15, 0.2) is 71.6 Å². The molecule has 0 saturated carbocycles. The fourth-order valence-corrected chi connectivity index (χ4v) is 7.58. The molecule has 3 aromatic carbocycles. The third-order valence-corrected chi connectivity index (χ3v) is 11.7. The first-order valence-corrected chi connectivity index (χ1v) is 20.6. The molecule has 0 radical (unpaired) electrons. The first-order valence-electron chi connectivity index (χ1n) is 19.2. The number of unbranched alkanes of at least 4 members (excludes halogenated alkanes) is 2. The Morgan fingerprint density at radius 3 is 2.36 bits per heavy atom. The molecular weight excluding hydrogens is 742 g/mol. The van der Waals surface area contributed by atoms with Gasteiger partial charge in [-0.25, -0.2) is 12.8 Å². The molecule has 306 valence electrons. The fourth-order valence-electron chi connectivity index (χ4n) is 6.40. The van der Waals surface area contributed by atoms with Gasteiger partial charge in [0.2, 0.25) is 21.8 Å². The summed E-state index contributed by atoms with van der Waals surface area (Å²) in [6.45, 7) is 5.58. The standard InChI is InChI=1S/C41H56FN5O8S/c1-28-25-47(29(2)27-48)41(51)34-24-32(44-39(49)15-6-5-7-16-40(50)45-36-14-9-8-13-35(36)43)19-22-37(34)55-30(3)12-10-11-23-54-38(28)26-46(4)56(52,53)33-20-17-31(42)18-21-33/h8-9,13-14,17-22,24,28-30,38,48H,5-7,10-12,15-16,23,25-27,43H2,1-4H3,(H,44,49)(H,45,50)/t28-,29+,30+,38+/m0/s1. The van der Waals surface area contributed by atoms with Crippen molar-refractivity contribution in [3.05, 3.63) is 78.1 Å². The Hall–Kier alpha value is -4.57. The normalized spacial score (nSPS) is 19.0. The Labute approximate surface area is 329 Å². The molecule has 13 nitrogen and oxygen atoms in total. The van der Waals surface area contributed by atoms with E-state index in [1.807, 2.05) is 13.8 Å². The van der Waals surface area contributed by atoms with Crippen LogP contribution < -0.4 is 21.1 Å². The van der Waals surface area contributed by atoms with Crippen LogP contribution in [0.4, 0.5) is 21.5 Å². The van der Waals surface area contributed by atoms with Crippen LogP contribution in [0.25, 0.3) is 0 Å². The van der Waals surface area contributed by atoms with Crippen molar-refractivity contribution in [3.8, 4) is 5.75 Å². The number of rotatable bonds is 14. The first-order chi connectivity index (χ1) is 26.7. The Balaban J connectivity index is 1.46. The molecule has 3 aromatic rings. The number of para-hydroxylation sites is 2. The maximum absolute atomic E-state index is 14.4. The number of likely N-dealkylation sites (N-methyl/N-ethyl adjacent to an activating group) is 1. The summed E-state index contributed by atoms with van der Waals surface area (Å²) >= 11 is 0. The van der Waals surface area contributed by atoms with Gasteiger partial charge in [0.15, 0.2) is 0 Å². The van der Waals surface area contributed by atoms with Gasteiger partial charge in [-0.2, -0.15) is 4.31 Å². The van der Waals surface area contributed by atoms with Crippen molar-refractivity contribution >= 4 is 44.8 Å². The lowest BCUT2D eigenvalue weighted by Gasteiger charge is -2.35. The Morgan fingerprint density at radius 2 is 1.68 bits per heavy atom. The van der Waals surface area contributed by atoms with E-state index in [-0.39, 0.29) is 54.5 Å². The van der Waals surface area contributed by atoms with Gasteiger partial charge in [-0.05, 0) is 101 Å². The number of hydrogen-bond donors (Lipinski definition) is 4. The van der Waals surface area contributed by atoms with E-state index in [1.165, 1.54) is 28.4 Å². The van der Waals surface area contributed by atoms with Crippen LogP contribution in [0.2, 0.25) is 0 Å². The highest BCUT2D eigenvalue weighted by atomic mass is 32.2. The number of sulfonamides is 1. The molecule has 4 rings (SSSR count). The molecule has 1 aliphatic heterocycles. The van der Waals surface area contributed by atoms with Crippen molar-refractivity contribution in [3.63, 3.8) is 0 Å². The summed E-state index contributed by atoms with van der Waals surface area (Å²) in [7, 11) is -2.54. The molecule has 0 spiro atoms. The lowest BCUT2D eigenvalue weighted by molar-refractivity contribution is -0.116. The molecular formula is C41H56FN5O8S. The molecule has 3 amide bonds. The number of benzene rings is 3. The van der Waals surface area contributed by atoms with Gasteiger partial charge in [-0.3, -0.25) is 14.4 Å². The van der Waals surface area contributed by atoms with Crippen molar-refractivity contribution in [1.29, 1.82) is 0 Å². The molecule has 15 heteroatoms. The zero-order valence-electron chi connectivity index (χ0n) is 32.7. The third-order valence-electron chi connectivity index (χ3n) is 9.84. The molecule has 4 atom stereocenters. The number of carbonyl (C=O) groups is 3. The molecule has 0 aliphatic carbocycles. The summed E-state index contributed by atoms with van der Waals surface area (Å²) in [5.41, 5.74) is 7.56. The summed E-state index contributed by atoms with van der Waals surface area (Å²) in [5, 5.41) is 15.9. The topological polar surface area (TPSA) is 181 Å². The number of halogens is 1. The Bertz CT molecular complexity index is 1880. The van der Waals surface area contributed by atoms with E-state index in [4.69, 9.17) is 15.2 Å². The van der Waals surface area contributed by atoms with Crippen molar-refractivity contribution in [1.82, 2.24) is 9.21 Å². The highest BCUT2D eigenvalue weighted by molar-refractivity contribution is 7.89. The summed E-state index contributed by atoms with van der Waals surface area (Å²) in [6, 6.07) is 15.9. The van der Waals surface area contributed by atoms with Crippen LogP contribution in [0, 0.1) is 11.7 Å². The number of nitrogens with zero attached hydrogens (tertiary/aromatic N) is 2. The van der Waals surface area contributed by atoms with Crippen LogP contribution in [0.5, 0.6) is 5.75 Å². The van der Waals surface area contributed by atoms with Crippen LogP contribution in [-0.2, 0) is 24.3 Å². The average Bonchev–Trinajstić information content (AvgIpc) is 3.16. The van der Waals surface area contributed by atoms with Crippen molar-refractivity contribution in [2.45, 2.75) is 95.3 Å². The SMILES string of the molecule is C[C@@H]1CCCCO[C@H](CN(C)S(=O)(=O)c2ccc(F)cc2)[C@@H](C)CN([C@H](C)CO)C(=O)c2cc(NC(=O)CCCCCC(=O)Nc3ccccc3N)ccc2O1. The van der Waals surface area contributed by atoms with Gasteiger partial charge in [0.25, 0.3) is 5.91 Å². The minimum Gasteiger partial charge on any atom is -0.490 e. The molecule has 0 fully saturated rings. The van der Waals surface area contributed by atoms with E-state index in [0.29, 0.717) is 67.9 Å². The predicted octanol–water partition coefficient (Wildman–Crippen LogP) is 6.05. The number of nitrogen functional groups attached to an aromatic ring is 1. The van der Waals surface area contributed by atoms with Gasteiger partial charge in [0.1, 0.15) is 11.6 Å². The molecule has 1 aliphatic rings. The highest BCUT2D eigenvalue weighted by Crippen LogP contribution is 2.29. The summed E-state index contributed by atoms with van der Waals surface area (Å²) in [6.07, 6.45) is 3.53. The lowest BCUT2D eigenvalue weighted by Crippen LogP contribution is -2.48. The van der Waals surface area contributed by atoms with Gasteiger partial charge in [-0.1, -0.05) is 25.5 Å². The van der Waals surface area contributed by atoms with Crippen LogP contribution >= 0.6 is 0 Å². The van der Waals surface area contributed by atoms with Crippen LogP contribution in [0.3, 0.4) is 0 Å². The molecule has 1 heterocycles. The number of ether oxygens (including phenoxy) is 2. The van der Waals surface area contributed by atoms with Gasteiger partial charge < -0.3 is 35.8 Å². The van der Waals surface area contributed by atoms with E-state index in [9.17, 15) is 32.3 Å². The van der Waals surface area contributed by atoms with Crippen molar-refractivity contribution in [2.24, 2.45) is 5.92 Å². The second kappa shape index (κ2) is 21.1. The van der Waals surface area contributed by atoms with Crippen LogP contribution in [0.1, 0.15) is 82.5 Å². The van der Waals surface area contributed by atoms with Gasteiger partial charge >= 0.3 is 0 Å². The summed E-state index contributed by atoms with van der Waals surface area (Å²) < 4.78 is 54.1. The Morgan fingerprint density at radius 1 is 1.00 bits per heavy atom. The quantitative estimate of drug-likeness (QED) is 0.112. The second-order valence-electron chi connectivity index (χ2n) is 14.5. The highest BCUT2D eigenvalue weighted by Gasteiger charge is 2.32. The molecule has 5 N–H and O–H groups in total. The Kier molecular flexibility index (Phi) is 16.6. The van der Waals surface area contributed by atoms with Crippen molar-refractivity contribution < 1.29 is 41.8 Å². The number of aliphatic hydroxyl groups excluding tert-OH is 1. The molecule has 56 heavy (non-hydrogen) atoms. The fraction of sp³-hybridized carbons (Fsp3) is 0.488. The molecule has 0 aromatic heterocycles. The third kappa shape index (κ3) is 12.7. The summed E-state index contributed by atoms with van der Waals surface area (Å²) in [5.74, 6) is -1.43. The number of anilines is 3. The molecule has 0 unspecified atom stereocenters. The minimum absolute atomic E-state index is 0.0291. The maximum atomic E-state index is 14.4. The largest absolute Gasteiger partial charge is 0.490 e. The smallest absolute Gasteiger partial charge is 0.258 e. The number of aliphatic hydroxyl groups is 1. The van der Waals surface area contributed by atoms with Crippen molar-refractivity contribution in [2.75, 3.05) is 49.7 Å². The van der Waals surface area contributed by atoms with Crippen LogP contribution in [-0.4, -0.2) is 92.1 Å². The number of carbonyl (C=O) groups excluding carboxylic acids is 3. The zero-order chi connectivity index (χ0) is 40.8. The number of hydrogen-bond acceptors (Lipinski definition) is 9. The van der Waals surface area contributed by atoms with E-state index < -0.39 is 39.8 Å². The van der Waals surface area contributed by atoms with E-state index in [0.717, 1.165) is 18.6 Å². The van der Waals surface area contributed by atoms with E-state index in [1.54, 1.807) is 49.4 Å². The maximum Gasteiger partial charge on any atom is 0.258 e. The van der Waals surface area contributed by atoms with Gasteiger partial charge in [0.05, 0.1) is 46.7 Å². The zero-order valence-corrected chi connectivity index (χ0v) is 33.5. The monoisotopic (exact) mass is 797 g/mol. The predicted molar refractivity (Wildman–Crippen MR) is 214 cm³/mol.